The summed E-state index contributed by atoms with van der Waals surface area (Å²) in [4.78, 5) is 16.6. The fourth-order valence-electron chi connectivity index (χ4n) is 2.79. The second kappa shape index (κ2) is 7.39. The average molecular weight is 366 g/mol. The van der Waals surface area contributed by atoms with Crippen molar-refractivity contribution in [3.05, 3.63) is 60.2 Å². The van der Waals surface area contributed by atoms with Crippen molar-refractivity contribution in [3.63, 3.8) is 0 Å². The lowest BCUT2D eigenvalue weighted by atomic mass is 10.1. The van der Waals surface area contributed by atoms with Gasteiger partial charge in [0.05, 0.1) is 0 Å². The molecule has 2 aromatic carbocycles. The van der Waals surface area contributed by atoms with Gasteiger partial charge in [0.1, 0.15) is 0 Å². The molecule has 1 saturated heterocycles. The van der Waals surface area contributed by atoms with Crippen LogP contribution < -0.4 is 4.90 Å². The number of carbonyl (C=O) groups is 1. The van der Waals surface area contributed by atoms with Crippen LogP contribution in [-0.2, 0) is 0 Å². The SMILES string of the molecule is O=C(c1ccc(SC(F)(F)F)cc1)N1CCN(c2ccccc2)CC1. The molecule has 3 rings (SSSR count). The molecule has 1 fully saturated rings. The second-order valence-electron chi connectivity index (χ2n) is 5.69. The third-order valence-corrected chi connectivity index (χ3v) is 4.76. The maximum atomic E-state index is 12.5. The van der Waals surface area contributed by atoms with E-state index in [1.807, 2.05) is 30.3 Å². The molecule has 7 heteroatoms. The summed E-state index contributed by atoms with van der Waals surface area (Å²) in [7, 11) is 0. The number of piperazine rings is 1. The van der Waals surface area contributed by atoms with Crippen molar-refractivity contribution >= 4 is 23.4 Å². The Morgan fingerprint density at radius 1 is 0.880 bits per heavy atom. The van der Waals surface area contributed by atoms with Crippen molar-refractivity contribution in [1.82, 2.24) is 4.90 Å². The number of thioether (sulfide) groups is 1. The summed E-state index contributed by atoms with van der Waals surface area (Å²) < 4.78 is 37.1. The van der Waals surface area contributed by atoms with Crippen LogP contribution in [0.15, 0.2) is 59.5 Å². The number of para-hydroxylation sites is 1. The zero-order chi connectivity index (χ0) is 17.9. The van der Waals surface area contributed by atoms with Crippen molar-refractivity contribution in [3.8, 4) is 0 Å². The number of nitrogens with zero attached hydrogens (tertiary/aromatic N) is 2. The van der Waals surface area contributed by atoms with E-state index in [9.17, 15) is 18.0 Å². The van der Waals surface area contributed by atoms with Gasteiger partial charge in [0.2, 0.25) is 0 Å². The fraction of sp³-hybridized carbons (Fsp3) is 0.278. The van der Waals surface area contributed by atoms with Crippen molar-refractivity contribution < 1.29 is 18.0 Å². The smallest absolute Gasteiger partial charge is 0.368 e. The summed E-state index contributed by atoms with van der Waals surface area (Å²) in [6.07, 6.45) is 0. The average Bonchev–Trinajstić information content (AvgIpc) is 2.61. The Balaban J connectivity index is 1.59. The predicted molar refractivity (Wildman–Crippen MR) is 92.9 cm³/mol. The standard InChI is InChI=1S/C18H17F3N2OS/c19-18(20,21)25-16-8-6-14(7-9-16)17(24)23-12-10-22(11-13-23)15-4-2-1-3-5-15/h1-9H,10-13H2. The molecule has 0 saturated carbocycles. The van der Waals surface area contributed by atoms with E-state index in [0.29, 0.717) is 18.7 Å². The highest BCUT2D eigenvalue weighted by Crippen LogP contribution is 2.36. The molecule has 2 aromatic rings. The summed E-state index contributed by atoms with van der Waals surface area (Å²) in [5.41, 5.74) is -2.78. The Kier molecular flexibility index (Phi) is 5.22. The van der Waals surface area contributed by atoms with E-state index < -0.39 is 5.51 Å². The lowest BCUT2D eigenvalue weighted by Gasteiger charge is -2.36. The number of halogens is 3. The molecule has 3 nitrogen and oxygen atoms in total. The van der Waals surface area contributed by atoms with E-state index >= 15 is 0 Å². The Morgan fingerprint density at radius 2 is 1.48 bits per heavy atom. The highest BCUT2D eigenvalue weighted by molar-refractivity contribution is 8.00. The van der Waals surface area contributed by atoms with Crippen LogP contribution in [0.5, 0.6) is 0 Å². The molecule has 0 spiro atoms. The number of hydrogen-bond acceptors (Lipinski definition) is 3. The molecule has 25 heavy (non-hydrogen) atoms. The first-order valence-corrected chi connectivity index (χ1v) is 8.69. The van der Waals surface area contributed by atoms with Crippen LogP contribution in [0.25, 0.3) is 0 Å². The molecule has 0 bridgehead atoms. The largest absolute Gasteiger partial charge is 0.446 e. The van der Waals surface area contributed by atoms with Crippen LogP contribution in [0, 0.1) is 0 Å². The van der Waals surface area contributed by atoms with Crippen LogP contribution in [0.4, 0.5) is 18.9 Å². The molecular formula is C18H17F3N2OS. The Labute approximate surface area is 148 Å². The molecule has 0 radical (unpaired) electrons. The first-order valence-electron chi connectivity index (χ1n) is 7.87. The van der Waals surface area contributed by atoms with Gasteiger partial charge in [0.25, 0.3) is 5.91 Å². The number of hydrogen-bond donors (Lipinski definition) is 0. The molecule has 1 amide bonds. The number of anilines is 1. The summed E-state index contributed by atoms with van der Waals surface area (Å²) in [5.74, 6) is -0.142. The topological polar surface area (TPSA) is 23.6 Å². The van der Waals surface area contributed by atoms with Gasteiger partial charge < -0.3 is 9.80 Å². The molecule has 0 N–H and O–H groups in total. The van der Waals surface area contributed by atoms with Crippen molar-refractivity contribution in [2.75, 3.05) is 31.1 Å². The molecule has 1 aliphatic heterocycles. The lowest BCUT2D eigenvalue weighted by molar-refractivity contribution is -0.0328. The first-order chi connectivity index (χ1) is 11.9. The first kappa shape index (κ1) is 17.7. The quantitative estimate of drug-likeness (QED) is 0.759. The summed E-state index contributed by atoms with van der Waals surface area (Å²) in [5, 5.41) is 0. The number of carbonyl (C=O) groups excluding carboxylic acids is 1. The van der Waals surface area contributed by atoms with Gasteiger partial charge in [0.15, 0.2) is 0 Å². The monoisotopic (exact) mass is 366 g/mol. The van der Waals surface area contributed by atoms with Gasteiger partial charge in [-0.1, -0.05) is 18.2 Å². The number of benzene rings is 2. The molecule has 0 unspecified atom stereocenters. The zero-order valence-electron chi connectivity index (χ0n) is 13.4. The minimum absolute atomic E-state index is 0.0814. The highest BCUT2D eigenvalue weighted by atomic mass is 32.2. The van der Waals surface area contributed by atoms with Gasteiger partial charge in [-0.2, -0.15) is 13.2 Å². The lowest BCUT2D eigenvalue weighted by Crippen LogP contribution is -2.48. The predicted octanol–water partition coefficient (Wildman–Crippen LogP) is 4.26. The Bertz CT molecular complexity index is 711. The molecule has 0 aromatic heterocycles. The molecule has 132 valence electrons. The third-order valence-electron chi connectivity index (χ3n) is 4.02. The van der Waals surface area contributed by atoms with Gasteiger partial charge in [-0.05, 0) is 48.2 Å². The number of amides is 1. The van der Waals surface area contributed by atoms with E-state index in [0.717, 1.165) is 18.8 Å². The molecule has 1 heterocycles. The normalized spacial score (nSPS) is 15.3. The minimum Gasteiger partial charge on any atom is -0.368 e. The third kappa shape index (κ3) is 4.69. The van der Waals surface area contributed by atoms with Gasteiger partial charge >= 0.3 is 5.51 Å². The number of rotatable bonds is 3. The van der Waals surface area contributed by atoms with E-state index in [2.05, 4.69) is 4.90 Å². The van der Waals surface area contributed by atoms with Crippen LogP contribution in [0.3, 0.4) is 0 Å². The second-order valence-corrected chi connectivity index (χ2v) is 6.83. The maximum Gasteiger partial charge on any atom is 0.446 e. The Morgan fingerprint density at radius 3 is 2.04 bits per heavy atom. The summed E-state index contributed by atoms with van der Waals surface area (Å²) in [6.45, 7) is 2.65. The molecular weight excluding hydrogens is 349 g/mol. The minimum atomic E-state index is -4.32. The van der Waals surface area contributed by atoms with E-state index in [1.165, 1.54) is 24.3 Å². The number of alkyl halides is 3. The van der Waals surface area contributed by atoms with Gasteiger partial charge in [0, 0.05) is 42.3 Å². The molecule has 0 atom stereocenters. The van der Waals surface area contributed by atoms with Crippen molar-refractivity contribution in [1.29, 1.82) is 0 Å². The van der Waals surface area contributed by atoms with Gasteiger partial charge in [-0.3, -0.25) is 4.79 Å². The van der Waals surface area contributed by atoms with Crippen LogP contribution in [0.2, 0.25) is 0 Å². The van der Waals surface area contributed by atoms with Gasteiger partial charge in [-0.25, -0.2) is 0 Å². The van der Waals surface area contributed by atoms with E-state index in [1.54, 1.807) is 4.90 Å². The van der Waals surface area contributed by atoms with Crippen molar-refractivity contribution in [2.45, 2.75) is 10.4 Å². The van der Waals surface area contributed by atoms with Crippen molar-refractivity contribution in [2.24, 2.45) is 0 Å². The van der Waals surface area contributed by atoms with Crippen LogP contribution in [0.1, 0.15) is 10.4 Å². The van der Waals surface area contributed by atoms with Crippen LogP contribution in [-0.4, -0.2) is 42.5 Å². The van der Waals surface area contributed by atoms with Crippen LogP contribution >= 0.6 is 11.8 Å². The fourth-order valence-corrected chi connectivity index (χ4v) is 3.33. The van der Waals surface area contributed by atoms with E-state index in [4.69, 9.17) is 0 Å². The highest BCUT2D eigenvalue weighted by Gasteiger charge is 2.29. The Hall–Kier alpha value is -2.15. The van der Waals surface area contributed by atoms with E-state index in [-0.39, 0.29) is 22.6 Å². The maximum absolute atomic E-state index is 12.5. The molecule has 1 aliphatic rings. The summed E-state index contributed by atoms with van der Waals surface area (Å²) in [6, 6.07) is 15.6. The zero-order valence-corrected chi connectivity index (χ0v) is 14.2. The summed E-state index contributed by atoms with van der Waals surface area (Å²) >= 11 is -0.177. The molecule has 0 aliphatic carbocycles. The van der Waals surface area contributed by atoms with Gasteiger partial charge in [-0.15, -0.1) is 0 Å².